The van der Waals surface area contributed by atoms with E-state index in [1.807, 2.05) is 24.3 Å². The van der Waals surface area contributed by atoms with Crippen LogP contribution in [0.5, 0.6) is 0 Å². The van der Waals surface area contributed by atoms with Crippen LogP contribution in [0.25, 0.3) is 0 Å². The van der Waals surface area contributed by atoms with Crippen LogP contribution in [0, 0.1) is 5.82 Å². The molecule has 0 aliphatic rings. The fraction of sp³-hybridized carbons (Fsp3) is 0.118. The minimum Gasteiger partial charge on any atom is -0.339 e. The van der Waals surface area contributed by atoms with Crippen LogP contribution >= 0.6 is 0 Å². The molecule has 0 fully saturated rings. The van der Waals surface area contributed by atoms with Gasteiger partial charge in [0.15, 0.2) is 5.82 Å². The molecule has 0 aliphatic heterocycles. The highest BCUT2D eigenvalue weighted by Crippen LogP contribution is 2.17. The quantitative estimate of drug-likeness (QED) is 0.744. The van der Waals surface area contributed by atoms with E-state index in [2.05, 4.69) is 32.7 Å². The lowest BCUT2D eigenvalue weighted by molar-refractivity contribution is 0.628. The van der Waals surface area contributed by atoms with Crippen LogP contribution in [0.15, 0.2) is 54.7 Å². The van der Waals surface area contributed by atoms with Crippen molar-refractivity contribution in [2.24, 2.45) is 0 Å². The number of hydrogen-bond acceptors (Lipinski definition) is 5. The predicted octanol–water partition coefficient (Wildman–Crippen LogP) is 4.06. The van der Waals surface area contributed by atoms with E-state index < -0.39 is 0 Å². The molecule has 1 heterocycles. The summed E-state index contributed by atoms with van der Waals surface area (Å²) in [4.78, 5) is 4.32. The summed E-state index contributed by atoms with van der Waals surface area (Å²) >= 11 is 0. The van der Waals surface area contributed by atoms with E-state index in [1.165, 1.54) is 23.9 Å². The zero-order valence-corrected chi connectivity index (χ0v) is 12.6. The maximum absolute atomic E-state index is 13.2. The molecular formula is C17H16FN5. The molecular weight excluding hydrogens is 293 g/mol. The third-order valence-electron chi connectivity index (χ3n) is 3.27. The van der Waals surface area contributed by atoms with Crippen molar-refractivity contribution < 1.29 is 4.39 Å². The normalized spacial score (nSPS) is 10.3. The number of hydrogen-bond donors (Lipinski definition) is 2. The second kappa shape index (κ2) is 6.83. The summed E-state index contributed by atoms with van der Waals surface area (Å²) in [7, 11) is 0. The molecule has 0 unspecified atom stereocenters. The topological polar surface area (TPSA) is 62.7 Å². The molecule has 3 rings (SSSR count). The summed E-state index contributed by atoms with van der Waals surface area (Å²) in [5, 5.41) is 13.9. The SMILES string of the molecule is CCc1ccc(Nc2nncc(Nc3cccc(F)c3)n2)cc1. The smallest absolute Gasteiger partial charge is 0.249 e. The van der Waals surface area contributed by atoms with Crippen molar-refractivity contribution in [3.05, 3.63) is 66.1 Å². The van der Waals surface area contributed by atoms with Crippen LogP contribution in [0.3, 0.4) is 0 Å². The van der Waals surface area contributed by atoms with E-state index in [0.717, 1.165) is 12.1 Å². The Labute approximate surface area is 133 Å². The molecule has 5 nitrogen and oxygen atoms in total. The number of halogens is 1. The Morgan fingerprint density at radius 2 is 1.83 bits per heavy atom. The highest BCUT2D eigenvalue weighted by atomic mass is 19.1. The molecule has 1 aromatic heterocycles. The van der Waals surface area contributed by atoms with Gasteiger partial charge in [0, 0.05) is 11.4 Å². The molecule has 0 saturated heterocycles. The lowest BCUT2D eigenvalue weighted by atomic mass is 10.1. The highest BCUT2D eigenvalue weighted by Gasteiger charge is 2.03. The standard InChI is InChI=1S/C17H16FN5/c1-2-12-6-8-14(9-7-12)21-17-22-16(11-19-23-17)20-15-5-3-4-13(18)10-15/h3-11H,2H2,1H3,(H2,20,21,22,23). The largest absolute Gasteiger partial charge is 0.339 e. The molecule has 2 N–H and O–H groups in total. The molecule has 0 spiro atoms. The first kappa shape index (κ1) is 14.9. The summed E-state index contributed by atoms with van der Waals surface area (Å²) in [5.74, 6) is 0.542. The van der Waals surface area contributed by atoms with E-state index in [4.69, 9.17) is 0 Å². The molecule has 0 radical (unpaired) electrons. The van der Waals surface area contributed by atoms with Gasteiger partial charge in [-0.05, 0) is 42.3 Å². The zero-order valence-electron chi connectivity index (χ0n) is 12.6. The number of rotatable bonds is 5. The average Bonchev–Trinajstić information content (AvgIpc) is 2.56. The second-order valence-electron chi connectivity index (χ2n) is 4.98. The van der Waals surface area contributed by atoms with E-state index in [0.29, 0.717) is 17.5 Å². The van der Waals surface area contributed by atoms with Crippen molar-refractivity contribution >= 4 is 23.1 Å². The number of nitrogens with zero attached hydrogens (tertiary/aromatic N) is 3. The Bertz CT molecular complexity index is 789. The van der Waals surface area contributed by atoms with Crippen LogP contribution in [-0.2, 0) is 6.42 Å². The summed E-state index contributed by atoms with van der Waals surface area (Å²) in [6.07, 6.45) is 2.47. The lowest BCUT2D eigenvalue weighted by Gasteiger charge is -2.08. The van der Waals surface area contributed by atoms with Crippen LogP contribution in [0.1, 0.15) is 12.5 Å². The fourth-order valence-corrected chi connectivity index (χ4v) is 2.08. The van der Waals surface area contributed by atoms with Crippen LogP contribution < -0.4 is 10.6 Å². The van der Waals surface area contributed by atoms with Crippen molar-refractivity contribution in [1.29, 1.82) is 0 Å². The third kappa shape index (κ3) is 4.00. The van der Waals surface area contributed by atoms with E-state index in [9.17, 15) is 4.39 Å². The van der Waals surface area contributed by atoms with E-state index >= 15 is 0 Å². The first-order valence-corrected chi connectivity index (χ1v) is 7.31. The Morgan fingerprint density at radius 3 is 2.57 bits per heavy atom. The molecule has 6 heteroatoms. The van der Waals surface area contributed by atoms with Crippen LogP contribution in [-0.4, -0.2) is 15.2 Å². The summed E-state index contributed by atoms with van der Waals surface area (Å²) < 4.78 is 13.2. The highest BCUT2D eigenvalue weighted by molar-refractivity contribution is 5.58. The monoisotopic (exact) mass is 309 g/mol. The Kier molecular flexibility index (Phi) is 4.42. The second-order valence-corrected chi connectivity index (χ2v) is 4.98. The van der Waals surface area contributed by atoms with Crippen LogP contribution in [0.4, 0.5) is 27.5 Å². The van der Waals surface area contributed by atoms with Gasteiger partial charge in [0.05, 0.1) is 6.20 Å². The van der Waals surface area contributed by atoms with Gasteiger partial charge in [-0.1, -0.05) is 25.1 Å². The molecule has 23 heavy (non-hydrogen) atoms. The number of aromatic nitrogens is 3. The number of nitrogens with one attached hydrogen (secondary N) is 2. The van der Waals surface area contributed by atoms with Gasteiger partial charge in [-0.15, -0.1) is 5.10 Å². The maximum Gasteiger partial charge on any atom is 0.249 e. The van der Waals surface area contributed by atoms with Gasteiger partial charge in [0.25, 0.3) is 0 Å². The number of benzene rings is 2. The van der Waals surface area contributed by atoms with Gasteiger partial charge >= 0.3 is 0 Å². The summed E-state index contributed by atoms with van der Waals surface area (Å²) in [6.45, 7) is 2.11. The minimum atomic E-state index is -0.314. The molecule has 0 amide bonds. The Balaban J connectivity index is 1.74. The number of anilines is 4. The molecule has 116 valence electrons. The molecule has 0 atom stereocenters. The van der Waals surface area contributed by atoms with Gasteiger partial charge in [0.1, 0.15) is 5.82 Å². The van der Waals surface area contributed by atoms with Gasteiger partial charge in [0.2, 0.25) is 5.95 Å². The first-order valence-electron chi connectivity index (χ1n) is 7.31. The van der Waals surface area contributed by atoms with E-state index in [1.54, 1.807) is 12.1 Å². The van der Waals surface area contributed by atoms with Gasteiger partial charge < -0.3 is 10.6 Å². The van der Waals surface area contributed by atoms with Crippen molar-refractivity contribution in [2.45, 2.75) is 13.3 Å². The van der Waals surface area contributed by atoms with Crippen molar-refractivity contribution in [1.82, 2.24) is 15.2 Å². The average molecular weight is 309 g/mol. The Morgan fingerprint density at radius 1 is 1.00 bits per heavy atom. The Hall–Kier alpha value is -3.02. The van der Waals surface area contributed by atoms with Crippen LogP contribution in [0.2, 0.25) is 0 Å². The molecule has 2 aromatic carbocycles. The zero-order chi connectivity index (χ0) is 16.1. The van der Waals surface area contributed by atoms with Gasteiger partial charge in [-0.25, -0.2) is 4.39 Å². The molecule has 0 bridgehead atoms. The summed E-state index contributed by atoms with van der Waals surface area (Å²) in [6, 6.07) is 14.2. The van der Waals surface area contributed by atoms with Crippen molar-refractivity contribution in [3.63, 3.8) is 0 Å². The molecule has 0 aliphatic carbocycles. The lowest BCUT2D eigenvalue weighted by Crippen LogP contribution is -2.02. The summed E-state index contributed by atoms with van der Waals surface area (Å²) in [5.41, 5.74) is 2.74. The molecule has 3 aromatic rings. The molecule has 0 saturated carbocycles. The minimum absolute atomic E-state index is 0.314. The van der Waals surface area contributed by atoms with Crippen molar-refractivity contribution in [2.75, 3.05) is 10.6 Å². The fourth-order valence-electron chi connectivity index (χ4n) is 2.08. The maximum atomic E-state index is 13.2. The first-order chi connectivity index (χ1) is 11.2. The van der Waals surface area contributed by atoms with Gasteiger partial charge in [-0.2, -0.15) is 10.1 Å². The third-order valence-corrected chi connectivity index (χ3v) is 3.27. The van der Waals surface area contributed by atoms with E-state index in [-0.39, 0.29) is 5.82 Å². The predicted molar refractivity (Wildman–Crippen MR) is 88.6 cm³/mol. The van der Waals surface area contributed by atoms with Crippen molar-refractivity contribution in [3.8, 4) is 0 Å². The number of aryl methyl sites for hydroxylation is 1. The van der Waals surface area contributed by atoms with Gasteiger partial charge in [-0.3, -0.25) is 0 Å².